The lowest BCUT2D eigenvalue weighted by molar-refractivity contribution is -0.128. The Bertz CT molecular complexity index is 1160. The van der Waals surface area contributed by atoms with Gasteiger partial charge in [0.1, 0.15) is 5.82 Å². The highest BCUT2D eigenvalue weighted by Gasteiger charge is 2.44. The van der Waals surface area contributed by atoms with Gasteiger partial charge in [-0.05, 0) is 72.5 Å². The molecule has 3 aromatic rings. The first-order chi connectivity index (χ1) is 15.8. The van der Waals surface area contributed by atoms with Crippen molar-refractivity contribution in [2.24, 2.45) is 5.92 Å². The first-order valence-electron chi connectivity index (χ1n) is 11.4. The van der Waals surface area contributed by atoms with E-state index >= 15 is 0 Å². The molecule has 4 rings (SSSR count). The zero-order valence-corrected chi connectivity index (χ0v) is 19.8. The van der Waals surface area contributed by atoms with Crippen LogP contribution in [-0.2, 0) is 10.2 Å². The summed E-state index contributed by atoms with van der Waals surface area (Å²) in [6, 6.07) is 18.4. The van der Waals surface area contributed by atoms with Crippen molar-refractivity contribution in [1.29, 1.82) is 0 Å². The highest BCUT2D eigenvalue weighted by molar-refractivity contribution is 6.31. The van der Waals surface area contributed by atoms with Gasteiger partial charge in [0.05, 0.1) is 6.04 Å². The van der Waals surface area contributed by atoms with Crippen molar-refractivity contribution in [2.75, 3.05) is 6.54 Å². The third kappa shape index (κ3) is 4.68. The number of nitrogens with one attached hydrogen (secondary N) is 2. The van der Waals surface area contributed by atoms with Gasteiger partial charge in [0.2, 0.25) is 5.91 Å². The van der Waals surface area contributed by atoms with Crippen LogP contribution in [0, 0.1) is 11.7 Å². The molecule has 1 heterocycles. The molecule has 3 aromatic carbocycles. The van der Waals surface area contributed by atoms with Gasteiger partial charge in [-0.1, -0.05) is 61.0 Å². The normalized spacial score (nSPS) is 22.5. The zero-order chi connectivity index (χ0) is 23.6. The Hall–Kier alpha value is -2.69. The van der Waals surface area contributed by atoms with Gasteiger partial charge in [-0.2, -0.15) is 0 Å². The minimum Gasteiger partial charge on any atom is -0.349 e. The van der Waals surface area contributed by atoms with Crippen LogP contribution in [0.1, 0.15) is 43.9 Å². The maximum atomic E-state index is 13.7. The Balaban J connectivity index is 1.65. The monoisotopic (exact) mass is 464 g/mol. The number of rotatable bonds is 6. The van der Waals surface area contributed by atoms with Crippen molar-refractivity contribution in [3.8, 4) is 0 Å². The van der Waals surface area contributed by atoms with E-state index in [-0.39, 0.29) is 29.7 Å². The summed E-state index contributed by atoms with van der Waals surface area (Å²) < 4.78 is 13.7. The number of benzene rings is 3. The number of carbonyl (C=O) groups is 1. The summed E-state index contributed by atoms with van der Waals surface area (Å²) >= 11 is 6.38. The van der Waals surface area contributed by atoms with Crippen LogP contribution in [0.3, 0.4) is 0 Å². The molecule has 1 amide bonds. The average Bonchev–Trinajstić information content (AvgIpc) is 2.83. The number of piperidine rings is 1. The van der Waals surface area contributed by atoms with E-state index < -0.39 is 5.41 Å². The van der Waals surface area contributed by atoms with E-state index in [0.29, 0.717) is 5.02 Å². The molecule has 172 valence electrons. The largest absolute Gasteiger partial charge is 0.349 e. The molecule has 0 aliphatic carbocycles. The molecule has 2 N–H and O–H groups in total. The van der Waals surface area contributed by atoms with Gasteiger partial charge in [0.15, 0.2) is 0 Å². The number of carbonyl (C=O) groups excluding carboxylic acids is 1. The quantitative estimate of drug-likeness (QED) is 0.419. The van der Waals surface area contributed by atoms with E-state index in [1.807, 2.05) is 62.4 Å². The van der Waals surface area contributed by atoms with Crippen molar-refractivity contribution in [3.05, 3.63) is 95.3 Å². The van der Waals surface area contributed by atoms with Gasteiger partial charge < -0.3 is 10.6 Å². The van der Waals surface area contributed by atoms with Gasteiger partial charge in [-0.25, -0.2) is 4.39 Å². The summed E-state index contributed by atoms with van der Waals surface area (Å²) in [6.45, 7) is 8.68. The summed E-state index contributed by atoms with van der Waals surface area (Å²) in [5, 5.41) is 9.45. The molecular weight excluding hydrogens is 435 g/mol. The number of hydrogen-bond acceptors (Lipinski definition) is 2. The number of fused-ring (bicyclic) bond motifs is 1. The third-order valence-electron chi connectivity index (χ3n) is 7.17. The number of hydrogen-bond donors (Lipinski definition) is 2. The molecule has 1 fully saturated rings. The van der Waals surface area contributed by atoms with Crippen molar-refractivity contribution in [3.63, 3.8) is 0 Å². The fourth-order valence-electron chi connectivity index (χ4n) is 5.23. The number of amides is 1. The molecule has 33 heavy (non-hydrogen) atoms. The Morgan fingerprint density at radius 1 is 1.21 bits per heavy atom. The predicted octanol–water partition coefficient (Wildman–Crippen LogP) is 6.32. The van der Waals surface area contributed by atoms with E-state index in [2.05, 4.69) is 23.3 Å². The first-order valence-corrected chi connectivity index (χ1v) is 11.8. The van der Waals surface area contributed by atoms with Crippen molar-refractivity contribution >= 4 is 28.3 Å². The molecule has 3 nitrogen and oxygen atoms in total. The minimum absolute atomic E-state index is 0.0272. The van der Waals surface area contributed by atoms with Crippen molar-refractivity contribution in [1.82, 2.24) is 10.6 Å². The highest BCUT2D eigenvalue weighted by atomic mass is 35.5. The van der Waals surface area contributed by atoms with Crippen LogP contribution in [0.4, 0.5) is 4.39 Å². The molecule has 0 aromatic heterocycles. The Morgan fingerprint density at radius 2 is 1.94 bits per heavy atom. The Labute approximate surface area is 200 Å². The molecule has 1 saturated heterocycles. The average molecular weight is 465 g/mol. The van der Waals surface area contributed by atoms with Gasteiger partial charge in [0, 0.05) is 22.4 Å². The number of halogens is 2. The standard InChI is InChI=1S/C28H30ClFN2O/c1-4-24-17-28(13-14-31-24,21-9-11-23(30)12-10-21)18(2)27(33)32-19(3)26-16-22(29)15-20-7-5-6-8-25(20)26/h4-12,15-16,18-19,24,31H,1,13-14,17H2,2-3H3,(H,32,33). The van der Waals surface area contributed by atoms with E-state index in [1.54, 1.807) is 0 Å². The zero-order valence-electron chi connectivity index (χ0n) is 19.1. The fourth-order valence-corrected chi connectivity index (χ4v) is 5.46. The van der Waals surface area contributed by atoms with Gasteiger partial charge in [-0.3, -0.25) is 4.79 Å². The molecule has 4 unspecified atom stereocenters. The molecular formula is C28H30ClFN2O. The smallest absolute Gasteiger partial charge is 0.224 e. The van der Waals surface area contributed by atoms with E-state index in [0.717, 1.165) is 41.3 Å². The van der Waals surface area contributed by atoms with Crippen LogP contribution in [-0.4, -0.2) is 18.5 Å². The lowest BCUT2D eigenvalue weighted by Crippen LogP contribution is -2.52. The van der Waals surface area contributed by atoms with Crippen LogP contribution in [0.25, 0.3) is 10.8 Å². The molecule has 0 spiro atoms. The van der Waals surface area contributed by atoms with Gasteiger partial charge in [0.25, 0.3) is 0 Å². The van der Waals surface area contributed by atoms with Crippen LogP contribution >= 0.6 is 11.6 Å². The second kappa shape index (κ2) is 9.66. The Morgan fingerprint density at radius 3 is 2.67 bits per heavy atom. The molecule has 0 bridgehead atoms. The SMILES string of the molecule is C=CC1CC(c2ccc(F)cc2)(C(C)C(=O)NC(C)c2cc(Cl)cc3ccccc23)CCN1. The van der Waals surface area contributed by atoms with Crippen LogP contribution in [0.15, 0.2) is 73.3 Å². The second-order valence-corrected chi connectivity index (χ2v) is 9.52. The maximum Gasteiger partial charge on any atom is 0.224 e. The van der Waals surface area contributed by atoms with Gasteiger partial charge >= 0.3 is 0 Å². The molecule has 1 aliphatic rings. The maximum absolute atomic E-state index is 13.7. The van der Waals surface area contributed by atoms with Crippen LogP contribution in [0.5, 0.6) is 0 Å². The first kappa shape index (κ1) is 23.5. The highest BCUT2D eigenvalue weighted by Crippen LogP contribution is 2.43. The van der Waals surface area contributed by atoms with Crippen molar-refractivity contribution in [2.45, 2.75) is 44.2 Å². The minimum atomic E-state index is -0.419. The summed E-state index contributed by atoms with van der Waals surface area (Å²) in [6.07, 6.45) is 3.40. The summed E-state index contributed by atoms with van der Waals surface area (Å²) in [5.41, 5.74) is 1.56. The Kier molecular flexibility index (Phi) is 6.87. The molecule has 5 heteroatoms. The van der Waals surface area contributed by atoms with Crippen molar-refractivity contribution < 1.29 is 9.18 Å². The molecule has 1 aliphatic heterocycles. The lowest BCUT2D eigenvalue weighted by Gasteiger charge is -2.45. The van der Waals surface area contributed by atoms with Crippen LogP contribution in [0.2, 0.25) is 5.02 Å². The summed E-state index contributed by atoms with van der Waals surface area (Å²) in [4.78, 5) is 13.6. The van der Waals surface area contributed by atoms with E-state index in [1.165, 1.54) is 12.1 Å². The van der Waals surface area contributed by atoms with Gasteiger partial charge in [-0.15, -0.1) is 6.58 Å². The third-order valence-corrected chi connectivity index (χ3v) is 7.39. The molecule has 4 atom stereocenters. The second-order valence-electron chi connectivity index (χ2n) is 9.08. The lowest BCUT2D eigenvalue weighted by atomic mass is 9.63. The van der Waals surface area contributed by atoms with Crippen LogP contribution < -0.4 is 10.6 Å². The molecule has 0 radical (unpaired) electrons. The summed E-state index contributed by atoms with van der Waals surface area (Å²) in [7, 11) is 0. The van der Waals surface area contributed by atoms with E-state index in [9.17, 15) is 9.18 Å². The summed E-state index contributed by atoms with van der Waals surface area (Å²) in [5.74, 6) is -0.623. The fraction of sp³-hybridized carbons (Fsp3) is 0.321. The topological polar surface area (TPSA) is 41.1 Å². The predicted molar refractivity (Wildman–Crippen MR) is 134 cm³/mol. The molecule has 0 saturated carbocycles. The van der Waals surface area contributed by atoms with E-state index in [4.69, 9.17) is 11.6 Å².